The maximum atomic E-state index is 13.8. The highest BCUT2D eigenvalue weighted by Crippen LogP contribution is 2.55. The fraction of sp³-hybridized carbons (Fsp3) is 0.167. The molecule has 0 radical (unpaired) electrons. The second-order valence-corrected chi connectivity index (χ2v) is 8.86. The molecule has 0 saturated carbocycles. The molecule has 0 aliphatic carbocycles. The number of hydrogen-bond acceptors (Lipinski definition) is 4. The van der Waals surface area contributed by atoms with Crippen LogP contribution in [0.5, 0.6) is 0 Å². The van der Waals surface area contributed by atoms with Gasteiger partial charge in [0.2, 0.25) is 5.91 Å². The van der Waals surface area contributed by atoms with Gasteiger partial charge in [0.15, 0.2) is 6.10 Å². The van der Waals surface area contributed by atoms with Gasteiger partial charge in [-0.05, 0) is 55.0 Å². The molecule has 2 aliphatic heterocycles. The summed E-state index contributed by atoms with van der Waals surface area (Å²) >= 11 is 12.2. The number of rotatable bonds is 3. The average Bonchev–Trinajstić information content (AvgIpc) is 3.17. The van der Waals surface area contributed by atoms with Crippen LogP contribution in [0.4, 0.5) is 15.8 Å². The van der Waals surface area contributed by atoms with Crippen LogP contribution < -0.4 is 9.96 Å². The van der Waals surface area contributed by atoms with Crippen LogP contribution >= 0.6 is 23.2 Å². The first-order valence-electron chi connectivity index (χ1n) is 9.91. The topological polar surface area (TPSA) is 49.9 Å². The van der Waals surface area contributed by atoms with Crippen LogP contribution in [0.25, 0.3) is 0 Å². The van der Waals surface area contributed by atoms with E-state index >= 15 is 0 Å². The number of hydroxylamine groups is 1. The van der Waals surface area contributed by atoms with Crippen molar-refractivity contribution in [2.75, 3.05) is 9.96 Å². The van der Waals surface area contributed by atoms with Crippen LogP contribution in [0.2, 0.25) is 10.0 Å². The number of hydrogen-bond donors (Lipinski definition) is 0. The van der Waals surface area contributed by atoms with Crippen LogP contribution in [-0.2, 0) is 14.4 Å². The number of fused-ring (bicyclic) bond motifs is 1. The van der Waals surface area contributed by atoms with Gasteiger partial charge >= 0.3 is 0 Å². The quantitative estimate of drug-likeness (QED) is 0.469. The molecule has 2 aliphatic rings. The van der Waals surface area contributed by atoms with E-state index in [0.717, 1.165) is 4.90 Å². The summed E-state index contributed by atoms with van der Waals surface area (Å²) < 4.78 is 13.7. The van der Waals surface area contributed by atoms with Gasteiger partial charge in [-0.15, -0.1) is 0 Å². The van der Waals surface area contributed by atoms with Crippen LogP contribution in [0.1, 0.15) is 18.5 Å². The zero-order chi connectivity index (χ0) is 22.6. The molecule has 0 aromatic heterocycles. The van der Waals surface area contributed by atoms with Gasteiger partial charge < -0.3 is 0 Å². The van der Waals surface area contributed by atoms with Crippen molar-refractivity contribution in [2.24, 2.45) is 5.41 Å². The highest BCUT2D eigenvalue weighted by Gasteiger charge is 2.68. The minimum absolute atomic E-state index is 0.279. The maximum Gasteiger partial charge on any atom is 0.266 e. The van der Waals surface area contributed by atoms with E-state index in [0.29, 0.717) is 21.3 Å². The van der Waals surface area contributed by atoms with Crippen molar-refractivity contribution in [3.8, 4) is 0 Å². The lowest BCUT2D eigenvalue weighted by Gasteiger charge is -2.32. The highest BCUT2D eigenvalue weighted by atomic mass is 35.5. The number of amides is 2. The number of benzene rings is 3. The lowest BCUT2D eigenvalue weighted by molar-refractivity contribution is -0.128. The molecular weight excluding hydrogens is 454 g/mol. The normalized spacial score (nSPS) is 24.9. The predicted octanol–water partition coefficient (Wildman–Crippen LogP) is 5.57. The van der Waals surface area contributed by atoms with E-state index in [1.807, 2.05) is 30.3 Å². The molecule has 0 N–H and O–H groups in total. The van der Waals surface area contributed by atoms with Gasteiger partial charge in [-0.1, -0.05) is 53.5 Å². The zero-order valence-electron chi connectivity index (χ0n) is 16.8. The third-order valence-electron chi connectivity index (χ3n) is 5.98. The third kappa shape index (κ3) is 3.10. The number of halogens is 3. The summed E-state index contributed by atoms with van der Waals surface area (Å²) in [6.45, 7) is 1.70. The Morgan fingerprint density at radius 3 is 2.16 bits per heavy atom. The number of carbonyl (C=O) groups is 2. The van der Waals surface area contributed by atoms with Crippen molar-refractivity contribution in [1.82, 2.24) is 0 Å². The number of para-hydroxylation sites is 1. The Labute approximate surface area is 193 Å². The molecule has 2 heterocycles. The van der Waals surface area contributed by atoms with E-state index in [4.69, 9.17) is 28.0 Å². The number of carbonyl (C=O) groups excluding carboxylic acids is 2. The van der Waals surface area contributed by atoms with Gasteiger partial charge in [-0.25, -0.2) is 14.4 Å². The smallest absolute Gasteiger partial charge is 0.266 e. The molecule has 3 atom stereocenters. The van der Waals surface area contributed by atoms with Crippen LogP contribution in [0.15, 0.2) is 72.8 Å². The summed E-state index contributed by atoms with van der Waals surface area (Å²) in [5.41, 5.74) is 0.322. The molecule has 5 nitrogen and oxygen atoms in total. The first-order chi connectivity index (χ1) is 15.3. The van der Waals surface area contributed by atoms with Crippen molar-refractivity contribution >= 4 is 46.4 Å². The van der Waals surface area contributed by atoms with Gasteiger partial charge in [0.05, 0.1) is 17.4 Å². The summed E-state index contributed by atoms with van der Waals surface area (Å²) in [5.74, 6) is -1.36. The number of nitrogens with zero attached hydrogens (tertiary/aromatic N) is 2. The van der Waals surface area contributed by atoms with E-state index in [1.54, 1.807) is 24.1 Å². The Bertz CT molecular complexity index is 1200. The monoisotopic (exact) mass is 470 g/mol. The first kappa shape index (κ1) is 20.9. The predicted molar refractivity (Wildman–Crippen MR) is 120 cm³/mol. The van der Waals surface area contributed by atoms with Gasteiger partial charge in [0.25, 0.3) is 5.91 Å². The highest BCUT2D eigenvalue weighted by molar-refractivity contribution is 6.36. The molecule has 2 saturated heterocycles. The SMILES string of the molecule is CC12C(=O)N(c3cc(Cl)cc(Cl)c3)C(=O)C1ON(c1ccccc1)C2c1ccc(F)cc1. The Hall–Kier alpha value is -2.93. The van der Waals surface area contributed by atoms with Gasteiger partial charge in [-0.2, -0.15) is 0 Å². The van der Waals surface area contributed by atoms with E-state index in [9.17, 15) is 14.0 Å². The van der Waals surface area contributed by atoms with Crippen LogP contribution in [0, 0.1) is 11.2 Å². The standard InChI is InChI=1S/C24H17Cl2FN2O3/c1-24-20(14-7-9-17(27)10-8-14)29(18-5-3-2-4-6-18)32-21(24)22(30)28(23(24)31)19-12-15(25)11-16(26)13-19/h2-13,20-21H,1H3. The molecular formula is C24H17Cl2FN2O3. The maximum absolute atomic E-state index is 13.8. The summed E-state index contributed by atoms with van der Waals surface area (Å²) in [4.78, 5) is 34.4. The molecule has 0 spiro atoms. The zero-order valence-corrected chi connectivity index (χ0v) is 18.3. The third-order valence-corrected chi connectivity index (χ3v) is 6.41. The van der Waals surface area contributed by atoms with Crippen molar-refractivity contribution in [2.45, 2.75) is 19.1 Å². The minimum atomic E-state index is -1.28. The summed E-state index contributed by atoms with van der Waals surface area (Å²) in [6, 6.07) is 18.9. The molecule has 3 aromatic carbocycles. The van der Waals surface area contributed by atoms with E-state index < -0.39 is 35.2 Å². The van der Waals surface area contributed by atoms with Crippen molar-refractivity contribution in [1.29, 1.82) is 0 Å². The fourth-order valence-electron chi connectivity index (χ4n) is 4.48. The molecule has 32 heavy (non-hydrogen) atoms. The fourth-order valence-corrected chi connectivity index (χ4v) is 5.00. The Morgan fingerprint density at radius 1 is 0.906 bits per heavy atom. The van der Waals surface area contributed by atoms with Crippen LogP contribution in [0.3, 0.4) is 0 Å². The van der Waals surface area contributed by atoms with Crippen molar-refractivity contribution < 1.29 is 18.8 Å². The lowest BCUT2D eigenvalue weighted by Crippen LogP contribution is -2.41. The van der Waals surface area contributed by atoms with Crippen molar-refractivity contribution in [3.63, 3.8) is 0 Å². The number of imide groups is 1. The Balaban J connectivity index is 1.65. The second kappa shape index (κ2) is 7.59. The van der Waals surface area contributed by atoms with Gasteiger partial charge in [0.1, 0.15) is 11.2 Å². The molecule has 5 rings (SSSR count). The number of anilines is 2. The molecule has 0 bridgehead atoms. The minimum Gasteiger partial charge on any atom is -0.273 e. The van der Waals surface area contributed by atoms with Gasteiger partial charge in [-0.3, -0.25) is 14.4 Å². The second-order valence-electron chi connectivity index (χ2n) is 7.99. The largest absolute Gasteiger partial charge is 0.273 e. The molecule has 162 valence electrons. The lowest BCUT2D eigenvalue weighted by atomic mass is 9.76. The molecule has 3 unspecified atom stereocenters. The van der Waals surface area contributed by atoms with Crippen molar-refractivity contribution in [3.05, 3.63) is 94.2 Å². The molecule has 2 amide bonds. The molecule has 3 aromatic rings. The Kier molecular flexibility index (Phi) is 4.97. The van der Waals surface area contributed by atoms with E-state index in [-0.39, 0.29) is 5.69 Å². The van der Waals surface area contributed by atoms with Gasteiger partial charge in [0, 0.05) is 10.0 Å². The summed E-state index contributed by atoms with van der Waals surface area (Å²) in [7, 11) is 0. The Morgan fingerprint density at radius 2 is 1.53 bits per heavy atom. The first-order valence-corrected chi connectivity index (χ1v) is 10.7. The molecule has 8 heteroatoms. The summed E-state index contributed by atoms with van der Waals surface area (Å²) in [6.07, 6.45) is -1.08. The molecule has 2 fully saturated rings. The van der Waals surface area contributed by atoms with E-state index in [2.05, 4.69) is 0 Å². The average molecular weight is 471 g/mol. The van der Waals surface area contributed by atoms with E-state index in [1.165, 1.54) is 30.3 Å². The van der Waals surface area contributed by atoms with Crippen LogP contribution in [-0.4, -0.2) is 17.9 Å². The summed E-state index contributed by atoms with van der Waals surface area (Å²) in [5, 5.41) is 2.17.